The number of allylic oxidation sites excluding steroid dienone is 4. The Bertz CT molecular complexity index is 282. The minimum Gasteiger partial charge on any atom is -0.294 e. The van der Waals surface area contributed by atoms with E-state index in [2.05, 4.69) is 26.8 Å². The largest absolute Gasteiger partial charge is 0.294 e. The maximum Gasteiger partial charge on any atom is 0.162 e. The van der Waals surface area contributed by atoms with E-state index in [4.69, 9.17) is 0 Å². The van der Waals surface area contributed by atoms with Crippen molar-refractivity contribution in [1.29, 1.82) is 0 Å². The number of hydrogen-bond donors (Lipinski definition) is 0. The minimum atomic E-state index is 0.106. The van der Waals surface area contributed by atoms with Crippen molar-refractivity contribution >= 4 is 5.78 Å². The zero-order valence-corrected chi connectivity index (χ0v) is 9.63. The summed E-state index contributed by atoms with van der Waals surface area (Å²) in [5.41, 5.74) is 1.63. The van der Waals surface area contributed by atoms with E-state index in [9.17, 15) is 4.79 Å². The Morgan fingerprint density at radius 1 is 1.57 bits per heavy atom. The third-order valence-corrected chi connectivity index (χ3v) is 2.71. The summed E-state index contributed by atoms with van der Waals surface area (Å²) >= 11 is 0. The second-order valence-corrected chi connectivity index (χ2v) is 5.07. The summed E-state index contributed by atoms with van der Waals surface area (Å²) in [5.74, 6) is 0.356. The minimum absolute atomic E-state index is 0.106. The molecule has 0 aromatic rings. The van der Waals surface area contributed by atoms with Crippen LogP contribution >= 0.6 is 0 Å². The SMILES string of the molecule is C/C=C\C(=O)[C@@H]1C=C(C)CC(C)(C)C1. The quantitative estimate of drug-likeness (QED) is 0.483. The van der Waals surface area contributed by atoms with E-state index in [-0.39, 0.29) is 17.1 Å². The molecule has 0 unspecified atom stereocenters. The van der Waals surface area contributed by atoms with Gasteiger partial charge < -0.3 is 0 Å². The highest BCUT2D eigenvalue weighted by Gasteiger charge is 2.29. The number of carbonyl (C=O) groups excluding carboxylic acids is 1. The molecule has 1 rings (SSSR count). The maximum atomic E-state index is 11.7. The molecule has 0 amide bonds. The summed E-state index contributed by atoms with van der Waals surface area (Å²) in [5, 5.41) is 0. The Balaban J connectivity index is 2.81. The van der Waals surface area contributed by atoms with Crippen LogP contribution < -0.4 is 0 Å². The van der Waals surface area contributed by atoms with Gasteiger partial charge in [0.25, 0.3) is 0 Å². The lowest BCUT2D eigenvalue weighted by atomic mass is 9.72. The number of ketones is 1. The van der Waals surface area contributed by atoms with Gasteiger partial charge in [0.15, 0.2) is 5.78 Å². The fourth-order valence-corrected chi connectivity index (χ4v) is 2.35. The molecule has 1 aliphatic carbocycles. The monoisotopic (exact) mass is 192 g/mol. The smallest absolute Gasteiger partial charge is 0.162 e. The molecule has 1 atom stereocenters. The zero-order chi connectivity index (χ0) is 10.8. The fourth-order valence-electron chi connectivity index (χ4n) is 2.35. The van der Waals surface area contributed by atoms with Crippen LogP contribution in [0.5, 0.6) is 0 Å². The average Bonchev–Trinajstić information content (AvgIpc) is 2.00. The van der Waals surface area contributed by atoms with Crippen molar-refractivity contribution in [1.82, 2.24) is 0 Å². The highest BCUT2D eigenvalue weighted by Crippen LogP contribution is 2.38. The molecule has 0 saturated carbocycles. The lowest BCUT2D eigenvalue weighted by Gasteiger charge is -2.32. The van der Waals surface area contributed by atoms with Crippen LogP contribution in [0.15, 0.2) is 23.8 Å². The van der Waals surface area contributed by atoms with Crippen molar-refractivity contribution in [3.8, 4) is 0 Å². The van der Waals surface area contributed by atoms with E-state index in [1.165, 1.54) is 5.57 Å². The molecule has 0 aromatic carbocycles. The van der Waals surface area contributed by atoms with Crippen LogP contribution in [0, 0.1) is 11.3 Å². The zero-order valence-electron chi connectivity index (χ0n) is 9.63. The normalized spacial score (nSPS) is 26.3. The van der Waals surface area contributed by atoms with Crippen LogP contribution in [-0.2, 0) is 4.79 Å². The van der Waals surface area contributed by atoms with Gasteiger partial charge in [0.05, 0.1) is 0 Å². The second kappa shape index (κ2) is 4.12. The van der Waals surface area contributed by atoms with E-state index < -0.39 is 0 Å². The maximum absolute atomic E-state index is 11.7. The lowest BCUT2D eigenvalue weighted by Crippen LogP contribution is -2.25. The summed E-state index contributed by atoms with van der Waals surface area (Å²) in [6, 6.07) is 0. The van der Waals surface area contributed by atoms with E-state index >= 15 is 0 Å². The van der Waals surface area contributed by atoms with Gasteiger partial charge in [-0.1, -0.05) is 31.6 Å². The van der Waals surface area contributed by atoms with Gasteiger partial charge in [-0.05, 0) is 38.2 Å². The molecule has 1 heteroatoms. The molecule has 14 heavy (non-hydrogen) atoms. The van der Waals surface area contributed by atoms with Gasteiger partial charge in [-0.25, -0.2) is 0 Å². The summed E-state index contributed by atoms with van der Waals surface area (Å²) in [7, 11) is 0. The first-order valence-corrected chi connectivity index (χ1v) is 5.28. The number of carbonyl (C=O) groups is 1. The van der Waals surface area contributed by atoms with Gasteiger partial charge in [0.1, 0.15) is 0 Å². The number of hydrogen-bond acceptors (Lipinski definition) is 1. The molecule has 0 fully saturated rings. The van der Waals surface area contributed by atoms with Crippen LogP contribution in [0.3, 0.4) is 0 Å². The first-order valence-electron chi connectivity index (χ1n) is 5.28. The fraction of sp³-hybridized carbons (Fsp3) is 0.615. The van der Waals surface area contributed by atoms with Gasteiger partial charge in [0.2, 0.25) is 0 Å². The summed E-state index contributed by atoms with van der Waals surface area (Å²) in [6.07, 6.45) is 7.75. The molecule has 78 valence electrons. The highest BCUT2D eigenvalue weighted by molar-refractivity contribution is 5.93. The Kier molecular flexibility index (Phi) is 3.30. The number of rotatable bonds is 2. The van der Waals surface area contributed by atoms with Crippen molar-refractivity contribution in [2.75, 3.05) is 0 Å². The topological polar surface area (TPSA) is 17.1 Å². The van der Waals surface area contributed by atoms with Crippen LogP contribution in [-0.4, -0.2) is 5.78 Å². The Morgan fingerprint density at radius 2 is 2.21 bits per heavy atom. The van der Waals surface area contributed by atoms with Gasteiger partial charge in [0, 0.05) is 5.92 Å². The molecular weight excluding hydrogens is 172 g/mol. The van der Waals surface area contributed by atoms with Crippen molar-refractivity contribution in [2.45, 2.75) is 40.5 Å². The predicted octanol–water partition coefficient (Wildman–Crippen LogP) is 3.51. The third kappa shape index (κ3) is 2.83. The van der Waals surface area contributed by atoms with Crippen molar-refractivity contribution < 1.29 is 4.79 Å². The van der Waals surface area contributed by atoms with E-state index in [1.54, 1.807) is 6.08 Å². The second-order valence-electron chi connectivity index (χ2n) is 5.07. The predicted molar refractivity (Wildman–Crippen MR) is 60.1 cm³/mol. The summed E-state index contributed by atoms with van der Waals surface area (Å²) in [6.45, 7) is 8.48. The van der Waals surface area contributed by atoms with Gasteiger partial charge in [-0.3, -0.25) is 4.79 Å². The standard InChI is InChI=1S/C13H20O/c1-5-6-12(14)11-7-10(2)8-13(3,4)9-11/h5-7,11H,8-9H2,1-4H3/b6-5-/t11-/m1/s1. The van der Waals surface area contributed by atoms with E-state index in [1.807, 2.05) is 13.0 Å². The van der Waals surface area contributed by atoms with E-state index in [0.717, 1.165) is 12.8 Å². The van der Waals surface area contributed by atoms with Gasteiger partial charge in [-0.15, -0.1) is 0 Å². The van der Waals surface area contributed by atoms with E-state index in [0.29, 0.717) is 0 Å². The molecule has 0 heterocycles. The molecular formula is C13H20O. The first-order chi connectivity index (χ1) is 6.44. The summed E-state index contributed by atoms with van der Waals surface area (Å²) < 4.78 is 0. The Labute approximate surface area is 86.9 Å². The van der Waals surface area contributed by atoms with Gasteiger partial charge in [-0.2, -0.15) is 0 Å². The first kappa shape index (κ1) is 11.2. The molecule has 0 aromatic heterocycles. The molecule has 1 nitrogen and oxygen atoms in total. The molecule has 0 spiro atoms. The van der Waals surface area contributed by atoms with Crippen molar-refractivity contribution in [3.05, 3.63) is 23.8 Å². The Morgan fingerprint density at radius 3 is 2.71 bits per heavy atom. The molecule has 0 N–H and O–H groups in total. The summed E-state index contributed by atoms with van der Waals surface area (Å²) in [4.78, 5) is 11.7. The third-order valence-electron chi connectivity index (χ3n) is 2.71. The highest BCUT2D eigenvalue weighted by atomic mass is 16.1. The average molecular weight is 192 g/mol. The van der Waals surface area contributed by atoms with Crippen molar-refractivity contribution in [2.24, 2.45) is 11.3 Å². The van der Waals surface area contributed by atoms with Gasteiger partial charge >= 0.3 is 0 Å². The van der Waals surface area contributed by atoms with Crippen LogP contribution in [0.25, 0.3) is 0 Å². The molecule has 0 saturated heterocycles. The molecule has 0 radical (unpaired) electrons. The van der Waals surface area contributed by atoms with Crippen LogP contribution in [0.4, 0.5) is 0 Å². The molecule has 1 aliphatic rings. The Hall–Kier alpha value is -0.850. The lowest BCUT2D eigenvalue weighted by molar-refractivity contribution is -0.117. The molecule has 0 bridgehead atoms. The van der Waals surface area contributed by atoms with Crippen molar-refractivity contribution in [3.63, 3.8) is 0 Å². The van der Waals surface area contributed by atoms with Crippen LogP contribution in [0.2, 0.25) is 0 Å². The van der Waals surface area contributed by atoms with Crippen LogP contribution in [0.1, 0.15) is 40.5 Å². The molecule has 0 aliphatic heterocycles.